The first-order chi connectivity index (χ1) is 7.81. The third-order valence-corrected chi connectivity index (χ3v) is 4.55. The van der Waals surface area contributed by atoms with Crippen molar-refractivity contribution in [1.29, 1.82) is 0 Å². The van der Waals surface area contributed by atoms with Crippen LogP contribution >= 0.6 is 11.3 Å². The SMILES string of the molecule is CCc1ccsc1CNC[C@@H]1CNC[C@H]1C. The van der Waals surface area contributed by atoms with Gasteiger partial charge < -0.3 is 10.6 Å². The first kappa shape index (κ1) is 12.1. The standard InChI is InChI=1S/C13H22N2S/c1-3-11-4-5-16-13(11)9-15-8-12-7-14-6-10(12)2/h4-5,10,12,14-15H,3,6-9H2,1-2H3/t10-,12+/m1/s1. The molecule has 0 spiro atoms. The molecule has 2 nitrogen and oxygen atoms in total. The average molecular weight is 238 g/mol. The van der Waals surface area contributed by atoms with Crippen LogP contribution < -0.4 is 10.6 Å². The molecule has 1 aromatic heterocycles. The summed E-state index contributed by atoms with van der Waals surface area (Å²) in [5, 5.41) is 9.26. The first-order valence-corrected chi connectivity index (χ1v) is 7.16. The molecule has 1 aliphatic rings. The van der Waals surface area contributed by atoms with E-state index in [1.165, 1.54) is 23.5 Å². The number of thiophene rings is 1. The van der Waals surface area contributed by atoms with Crippen LogP contribution in [0.4, 0.5) is 0 Å². The van der Waals surface area contributed by atoms with Gasteiger partial charge in [0.1, 0.15) is 0 Å². The smallest absolute Gasteiger partial charge is 0.0302 e. The van der Waals surface area contributed by atoms with E-state index in [1.807, 2.05) is 11.3 Å². The minimum absolute atomic E-state index is 0.810. The highest BCUT2D eigenvalue weighted by Crippen LogP contribution is 2.18. The number of rotatable bonds is 5. The molecular formula is C13H22N2S. The van der Waals surface area contributed by atoms with E-state index in [-0.39, 0.29) is 0 Å². The Labute approximate surface area is 102 Å². The highest BCUT2D eigenvalue weighted by molar-refractivity contribution is 7.10. The van der Waals surface area contributed by atoms with Gasteiger partial charge >= 0.3 is 0 Å². The van der Waals surface area contributed by atoms with E-state index in [1.54, 1.807) is 0 Å². The topological polar surface area (TPSA) is 24.1 Å². The zero-order valence-electron chi connectivity index (χ0n) is 10.3. The molecule has 0 bridgehead atoms. The lowest BCUT2D eigenvalue weighted by Gasteiger charge is -2.14. The quantitative estimate of drug-likeness (QED) is 0.822. The molecule has 1 fully saturated rings. The van der Waals surface area contributed by atoms with E-state index in [9.17, 15) is 0 Å². The summed E-state index contributed by atoms with van der Waals surface area (Å²) in [4.78, 5) is 1.51. The molecule has 1 aromatic rings. The van der Waals surface area contributed by atoms with Gasteiger partial charge in [-0.15, -0.1) is 11.3 Å². The number of hydrogen-bond donors (Lipinski definition) is 2. The first-order valence-electron chi connectivity index (χ1n) is 6.28. The minimum Gasteiger partial charge on any atom is -0.316 e. The molecule has 0 aliphatic carbocycles. The minimum atomic E-state index is 0.810. The van der Waals surface area contributed by atoms with Gasteiger partial charge in [-0.1, -0.05) is 13.8 Å². The monoisotopic (exact) mass is 238 g/mol. The van der Waals surface area contributed by atoms with E-state index in [0.717, 1.165) is 31.3 Å². The summed E-state index contributed by atoms with van der Waals surface area (Å²) in [7, 11) is 0. The zero-order valence-corrected chi connectivity index (χ0v) is 11.1. The number of hydrogen-bond acceptors (Lipinski definition) is 3. The van der Waals surface area contributed by atoms with E-state index in [0.29, 0.717) is 0 Å². The maximum atomic E-state index is 3.61. The second-order valence-corrected chi connectivity index (χ2v) is 5.75. The third kappa shape index (κ3) is 2.84. The van der Waals surface area contributed by atoms with Gasteiger partial charge in [-0.2, -0.15) is 0 Å². The predicted octanol–water partition coefficient (Wildman–Crippen LogP) is 2.26. The van der Waals surface area contributed by atoms with Crippen molar-refractivity contribution in [2.45, 2.75) is 26.8 Å². The summed E-state index contributed by atoms with van der Waals surface area (Å²) in [5.74, 6) is 1.63. The normalized spacial score (nSPS) is 25.1. The number of aryl methyl sites for hydroxylation is 1. The van der Waals surface area contributed by atoms with Gasteiger partial charge in [-0.05, 0) is 54.9 Å². The highest BCUT2D eigenvalue weighted by atomic mass is 32.1. The lowest BCUT2D eigenvalue weighted by molar-refractivity contribution is 0.420. The molecule has 2 heterocycles. The Morgan fingerprint density at radius 2 is 2.38 bits per heavy atom. The van der Waals surface area contributed by atoms with Gasteiger partial charge in [-0.25, -0.2) is 0 Å². The van der Waals surface area contributed by atoms with Crippen LogP contribution in [0.1, 0.15) is 24.3 Å². The van der Waals surface area contributed by atoms with Crippen LogP contribution in [0.15, 0.2) is 11.4 Å². The third-order valence-electron chi connectivity index (χ3n) is 3.59. The van der Waals surface area contributed by atoms with Crippen molar-refractivity contribution in [2.24, 2.45) is 11.8 Å². The van der Waals surface area contributed by atoms with Crippen LogP contribution in [0, 0.1) is 11.8 Å². The summed E-state index contributed by atoms with van der Waals surface area (Å²) in [6.45, 7) is 9.13. The molecule has 2 rings (SSSR count). The molecule has 0 saturated carbocycles. The molecular weight excluding hydrogens is 216 g/mol. The van der Waals surface area contributed by atoms with Crippen LogP contribution in [0.25, 0.3) is 0 Å². The van der Waals surface area contributed by atoms with Crippen molar-refractivity contribution in [3.05, 3.63) is 21.9 Å². The Bertz CT molecular complexity index is 321. The van der Waals surface area contributed by atoms with Crippen LogP contribution in [-0.2, 0) is 13.0 Å². The molecule has 0 radical (unpaired) electrons. The summed E-state index contributed by atoms with van der Waals surface area (Å²) in [5.41, 5.74) is 1.51. The van der Waals surface area contributed by atoms with E-state index in [4.69, 9.17) is 0 Å². The van der Waals surface area contributed by atoms with Crippen molar-refractivity contribution in [1.82, 2.24) is 10.6 Å². The molecule has 0 unspecified atom stereocenters. The average Bonchev–Trinajstić information content (AvgIpc) is 2.88. The Kier molecular flexibility index (Phi) is 4.38. The molecule has 0 amide bonds. The van der Waals surface area contributed by atoms with Gasteiger partial charge in [-0.3, -0.25) is 0 Å². The van der Waals surface area contributed by atoms with Crippen molar-refractivity contribution in [3.63, 3.8) is 0 Å². The number of nitrogens with one attached hydrogen (secondary N) is 2. The van der Waals surface area contributed by atoms with Gasteiger partial charge in [0.15, 0.2) is 0 Å². The van der Waals surface area contributed by atoms with Crippen LogP contribution in [0.3, 0.4) is 0 Å². The molecule has 1 saturated heterocycles. The largest absolute Gasteiger partial charge is 0.316 e. The summed E-state index contributed by atoms with van der Waals surface area (Å²) in [6.07, 6.45) is 1.15. The van der Waals surface area contributed by atoms with Gasteiger partial charge in [0.05, 0.1) is 0 Å². The van der Waals surface area contributed by atoms with Crippen LogP contribution in [0.2, 0.25) is 0 Å². The van der Waals surface area contributed by atoms with Crippen molar-refractivity contribution in [2.75, 3.05) is 19.6 Å². The van der Waals surface area contributed by atoms with E-state index in [2.05, 4.69) is 35.9 Å². The lowest BCUT2D eigenvalue weighted by Crippen LogP contribution is -2.26. The summed E-state index contributed by atoms with van der Waals surface area (Å²) in [6, 6.07) is 2.25. The lowest BCUT2D eigenvalue weighted by atomic mass is 9.98. The zero-order chi connectivity index (χ0) is 11.4. The summed E-state index contributed by atoms with van der Waals surface area (Å²) >= 11 is 1.88. The Morgan fingerprint density at radius 1 is 1.50 bits per heavy atom. The fraction of sp³-hybridized carbons (Fsp3) is 0.692. The molecule has 90 valence electrons. The van der Waals surface area contributed by atoms with E-state index < -0.39 is 0 Å². The molecule has 0 aromatic carbocycles. The maximum absolute atomic E-state index is 3.61. The van der Waals surface area contributed by atoms with E-state index >= 15 is 0 Å². The van der Waals surface area contributed by atoms with Gasteiger partial charge in [0, 0.05) is 11.4 Å². The molecule has 2 N–H and O–H groups in total. The second kappa shape index (κ2) is 5.80. The Balaban J connectivity index is 1.75. The Morgan fingerprint density at radius 3 is 3.06 bits per heavy atom. The van der Waals surface area contributed by atoms with Gasteiger partial charge in [0.2, 0.25) is 0 Å². The van der Waals surface area contributed by atoms with Crippen molar-refractivity contribution >= 4 is 11.3 Å². The molecule has 16 heavy (non-hydrogen) atoms. The predicted molar refractivity (Wildman–Crippen MR) is 70.9 cm³/mol. The summed E-state index contributed by atoms with van der Waals surface area (Å²) < 4.78 is 0. The molecule has 1 aliphatic heterocycles. The second-order valence-electron chi connectivity index (χ2n) is 4.75. The fourth-order valence-electron chi connectivity index (χ4n) is 2.35. The van der Waals surface area contributed by atoms with Crippen LogP contribution in [-0.4, -0.2) is 19.6 Å². The van der Waals surface area contributed by atoms with Gasteiger partial charge in [0.25, 0.3) is 0 Å². The van der Waals surface area contributed by atoms with Crippen LogP contribution in [0.5, 0.6) is 0 Å². The Hall–Kier alpha value is -0.380. The maximum Gasteiger partial charge on any atom is 0.0302 e. The highest BCUT2D eigenvalue weighted by Gasteiger charge is 2.22. The van der Waals surface area contributed by atoms with Crippen molar-refractivity contribution < 1.29 is 0 Å². The van der Waals surface area contributed by atoms with Crippen molar-refractivity contribution in [3.8, 4) is 0 Å². The molecule has 2 atom stereocenters. The molecule has 3 heteroatoms. The fourth-order valence-corrected chi connectivity index (χ4v) is 3.29.